The number of carbonyl (C=O) groups excluding carboxylic acids is 2. The molecular weight excluding hydrogens is 416 g/mol. The van der Waals surface area contributed by atoms with Gasteiger partial charge in [0.15, 0.2) is 5.78 Å². The van der Waals surface area contributed by atoms with Crippen LogP contribution in [0.4, 0.5) is 0 Å². The van der Waals surface area contributed by atoms with Gasteiger partial charge in [-0.2, -0.15) is 0 Å². The van der Waals surface area contributed by atoms with E-state index in [1.165, 1.54) is 38.5 Å². The summed E-state index contributed by atoms with van der Waals surface area (Å²) in [5.41, 5.74) is 0.382. The monoisotopic (exact) mass is 456 g/mol. The van der Waals surface area contributed by atoms with E-state index in [9.17, 15) is 9.59 Å². The van der Waals surface area contributed by atoms with Gasteiger partial charge < -0.3 is 25.2 Å². The number of ketones is 1. The molecule has 7 nitrogen and oxygen atoms in total. The van der Waals surface area contributed by atoms with Crippen molar-refractivity contribution >= 4 is 11.7 Å². The second-order valence-electron chi connectivity index (χ2n) is 11.3. The molecule has 2 N–H and O–H groups in total. The third-order valence-corrected chi connectivity index (χ3v) is 9.06. The van der Waals surface area contributed by atoms with Crippen LogP contribution in [0.25, 0.3) is 0 Å². The van der Waals surface area contributed by atoms with Gasteiger partial charge in [-0.1, -0.05) is 12.8 Å². The molecule has 2 saturated heterocycles. The molecule has 0 aromatic carbocycles. The molecule has 33 heavy (non-hydrogen) atoms. The standard InChI is InChI=1S/C26H40N4O3/c31-24-18-9-10-20(28-15-17-7-8-17)25-23(18)30(21-5-1-2-6-22(21)33-25)16-19(24)26(32)27-11-14-29-12-3-4-13-29/h16-18,20-23,25,28H,1-15H2,(H,27,32). The number of morpholine rings is 1. The molecule has 3 saturated carbocycles. The first-order chi connectivity index (χ1) is 16.2. The van der Waals surface area contributed by atoms with Crippen LogP contribution in [0, 0.1) is 11.8 Å². The number of rotatable bonds is 7. The van der Waals surface area contributed by atoms with Gasteiger partial charge in [-0.05, 0) is 76.9 Å². The summed E-state index contributed by atoms with van der Waals surface area (Å²) in [6.07, 6.45) is 13.8. The van der Waals surface area contributed by atoms with Crippen molar-refractivity contribution in [3.8, 4) is 0 Å². The third-order valence-electron chi connectivity index (χ3n) is 9.06. The Labute approximate surface area is 197 Å². The fourth-order valence-electron chi connectivity index (χ4n) is 7.05. The second-order valence-corrected chi connectivity index (χ2v) is 11.3. The number of nitrogens with one attached hydrogen (secondary N) is 2. The molecule has 0 aromatic heterocycles. The highest BCUT2D eigenvalue weighted by Crippen LogP contribution is 2.45. The van der Waals surface area contributed by atoms with Crippen molar-refractivity contribution in [2.75, 3.05) is 32.7 Å². The summed E-state index contributed by atoms with van der Waals surface area (Å²) < 4.78 is 6.77. The molecule has 182 valence electrons. The number of fused-ring (bicyclic) bond motifs is 2. The van der Waals surface area contributed by atoms with Crippen LogP contribution in [-0.2, 0) is 14.3 Å². The fraction of sp³-hybridized carbons (Fsp3) is 0.846. The SMILES string of the molecule is O=C(NCCN1CCCC1)C1=CN2C3CCCCC3OC3C(NCC4CC4)CCC(C1=O)C32. The lowest BCUT2D eigenvalue weighted by molar-refractivity contribution is -0.188. The topological polar surface area (TPSA) is 73.9 Å². The third kappa shape index (κ3) is 4.37. The maximum atomic E-state index is 13.6. The van der Waals surface area contributed by atoms with Crippen LogP contribution < -0.4 is 10.6 Å². The lowest BCUT2D eigenvalue weighted by Crippen LogP contribution is -2.70. The number of amides is 1. The van der Waals surface area contributed by atoms with E-state index in [1.807, 2.05) is 6.20 Å². The predicted octanol–water partition coefficient (Wildman–Crippen LogP) is 1.82. The molecule has 1 amide bonds. The summed E-state index contributed by atoms with van der Waals surface area (Å²) in [5.74, 6) is 0.565. The Kier molecular flexibility index (Phi) is 6.22. The average molecular weight is 457 g/mol. The van der Waals surface area contributed by atoms with Crippen LogP contribution in [0.5, 0.6) is 0 Å². The van der Waals surface area contributed by atoms with E-state index in [1.54, 1.807) is 0 Å². The Bertz CT molecular complexity index is 790. The van der Waals surface area contributed by atoms with Crippen LogP contribution in [0.1, 0.15) is 64.2 Å². The van der Waals surface area contributed by atoms with Crippen molar-refractivity contribution < 1.29 is 14.3 Å². The van der Waals surface area contributed by atoms with Crippen molar-refractivity contribution in [3.05, 3.63) is 11.8 Å². The first-order valence-electron chi connectivity index (χ1n) is 13.6. The fourth-order valence-corrected chi connectivity index (χ4v) is 7.05. The summed E-state index contributed by atoms with van der Waals surface area (Å²) in [7, 11) is 0. The molecule has 6 rings (SSSR count). The molecule has 6 unspecified atom stereocenters. The molecule has 6 aliphatic rings. The Hall–Kier alpha value is -1.44. The lowest BCUT2D eigenvalue weighted by Gasteiger charge is -2.58. The molecule has 3 heterocycles. The molecule has 7 heteroatoms. The van der Waals surface area contributed by atoms with Gasteiger partial charge in [-0.15, -0.1) is 0 Å². The number of hydrogen-bond acceptors (Lipinski definition) is 6. The Balaban J connectivity index is 1.21. The van der Waals surface area contributed by atoms with E-state index in [0.29, 0.717) is 24.2 Å². The van der Waals surface area contributed by atoms with E-state index in [2.05, 4.69) is 20.4 Å². The van der Waals surface area contributed by atoms with Gasteiger partial charge in [0.05, 0.1) is 29.9 Å². The van der Waals surface area contributed by atoms with E-state index < -0.39 is 0 Å². The molecule has 0 radical (unpaired) electrons. The maximum absolute atomic E-state index is 13.6. The summed E-state index contributed by atoms with van der Waals surface area (Å²) in [6.45, 7) is 4.80. The molecule has 3 aliphatic heterocycles. The highest BCUT2D eigenvalue weighted by Gasteiger charge is 2.55. The van der Waals surface area contributed by atoms with Crippen LogP contribution in [0.2, 0.25) is 0 Å². The first-order valence-corrected chi connectivity index (χ1v) is 13.6. The Morgan fingerprint density at radius 1 is 1.03 bits per heavy atom. The van der Waals surface area contributed by atoms with E-state index in [0.717, 1.165) is 57.8 Å². The Morgan fingerprint density at radius 3 is 2.67 bits per heavy atom. The number of Topliss-reactive ketones (excluding diaryl/α,β-unsaturated/α-hetero) is 1. The quantitative estimate of drug-likeness (QED) is 0.570. The van der Waals surface area contributed by atoms with E-state index >= 15 is 0 Å². The zero-order valence-electron chi connectivity index (χ0n) is 19.8. The molecule has 3 aliphatic carbocycles. The van der Waals surface area contributed by atoms with Crippen LogP contribution in [0.15, 0.2) is 11.8 Å². The molecule has 0 bridgehead atoms. The highest BCUT2D eigenvalue weighted by atomic mass is 16.5. The normalized spacial score (nSPS) is 38.5. The van der Waals surface area contributed by atoms with Crippen LogP contribution in [0.3, 0.4) is 0 Å². The van der Waals surface area contributed by atoms with Gasteiger partial charge in [0, 0.05) is 31.2 Å². The average Bonchev–Trinajstić information content (AvgIpc) is 3.52. The minimum atomic E-state index is -0.179. The van der Waals surface area contributed by atoms with Crippen LogP contribution in [-0.4, -0.2) is 84.5 Å². The maximum Gasteiger partial charge on any atom is 0.256 e. The second kappa shape index (κ2) is 9.31. The van der Waals surface area contributed by atoms with Gasteiger partial charge in [-0.25, -0.2) is 0 Å². The zero-order chi connectivity index (χ0) is 22.4. The Morgan fingerprint density at radius 2 is 1.85 bits per heavy atom. The van der Waals surface area contributed by atoms with Gasteiger partial charge in [-0.3, -0.25) is 9.59 Å². The first kappa shape index (κ1) is 22.1. The van der Waals surface area contributed by atoms with Gasteiger partial charge in [0.25, 0.3) is 5.91 Å². The van der Waals surface area contributed by atoms with Crippen molar-refractivity contribution in [3.63, 3.8) is 0 Å². The molecule has 5 fully saturated rings. The van der Waals surface area contributed by atoms with E-state index in [-0.39, 0.29) is 35.9 Å². The number of likely N-dealkylation sites (tertiary alicyclic amines) is 1. The predicted molar refractivity (Wildman–Crippen MR) is 126 cm³/mol. The van der Waals surface area contributed by atoms with Gasteiger partial charge >= 0.3 is 0 Å². The molecular formula is C26H40N4O3. The van der Waals surface area contributed by atoms with Crippen molar-refractivity contribution in [1.29, 1.82) is 0 Å². The molecule has 0 aromatic rings. The largest absolute Gasteiger partial charge is 0.369 e. The minimum Gasteiger partial charge on any atom is -0.369 e. The molecule has 0 spiro atoms. The lowest BCUT2D eigenvalue weighted by atomic mass is 9.70. The summed E-state index contributed by atoms with van der Waals surface area (Å²) >= 11 is 0. The number of hydrogen-bond donors (Lipinski definition) is 2. The summed E-state index contributed by atoms with van der Waals surface area (Å²) in [4.78, 5) is 31.5. The zero-order valence-corrected chi connectivity index (χ0v) is 19.8. The molecule has 6 atom stereocenters. The van der Waals surface area contributed by atoms with Crippen molar-refractivity contribution in [1.82, 2.24) is 20.4 Å². The minimum absolute atomic E-state index is 0.0402. The summed E-state index contributed by atoms with van der Waals surface area (Å²) in [6, 6.07) is 0.683. The summed E-state index contributed by atoms with van der Waals surface area (Å²) in [5, 5.41) is 6.86. The van der Waals surface area contributed by atoms with Crippen molar-refractivity contribution in [2.45, 2.75) is 94.5 Å². The van der Waals surface area contributed by atoms with E-state index in [4.69, 9.17) is 4.74 Å². The van der Waals surface area contributed by atoms with Crippen LogP contribution >= 0.6 is 0 Å². The number of carbonyl (C=O) groups is 2. The van der Waals surface area contributed by atoms with Crippen molar-refractivity contribution in [2.24, 2.45) is 11.8 Å². The smallest absolute Gasteiger partial charge is 0.256 e. The highest BCUT2D eigenvalue weighted by molar-refractivity contribution is 6.20. The van der Waals surface area contributed by atoms with Gasteiger partial charge in [0.1, 0.15) is 0 Å². The van der Waals surface area contributed by atoms with Gasteiger partial charge in [0.2, 0.25) is 0 Å². The number of ether oxygens (including phenoxy) is 1. The number of nitrogens with zero attached hydrogens (tertiary/aromatic N) is 2.